The van der Waals surface area contributed by atoms with Gasteiger partial charge in [-0.05, 0) is 17.7 Å². The lowest BCUT2D eigenvalue weighted by Gasteiger charge is -2.10. The molecular weight excluding hydrogens is 252 g/mol. The topological polar surface area (TPSA) is 66.0 Å². The second-order valence-electron chi connectivity index (χ2n) is 4.66. The van der Waals surface area contributed by atoms with E-state index in [2.05, 4.69) is 30.0 Å². The fourth-order valence-corrected chi connectivity index (χ4v) is 2.23. The van der Waals surface area contributed by atoms with Crippen molar-refractivity contribution in [3.63, 3.8) is 0 Å². The summed E-state index contributed by atoms with van der Waals surface area (Å²) in [6, 6.07) is 6.08. The minimum absolute atomic E-state index is 0.467. The van der Waals surface area contributed by atoms with Gasteiger partial charge in [0.1, 0.15) is 11.6 Å². The van der Waals surface area contributed by atoms with Gasteiger partial charge in [-0.25, -0.2) is 9.67 Å². The molecule has 0 atom stereocenters. The predicted octanol–water partition coefficient (Wildman–Crippen LogP) is 1.92. The number of ether oxygens (including phenoxy) is 1. The van der Waals surface area contributed by atoms with E-state index in [9.17, 15) is 0 Å². The Morgan fingerprint density at radius 3 is 2.65 bits per heavy atom. The summed E-state index contributed by atoms with van der Waals surface area (Å²) in [6.45, 7) is 5.35. The summed E-state index contributed by atoms with van der Waals surface area (Å²) in [7, 11) is 1.66. The predicted molar refractivity (Wildman–Crippen MR) is 78.8 cm³/mol. The molecule has 0 radical (unpaired) electrons. The van der Waals surface area contributed by atoms with Gasteiger partial charge in [-0.2, -0.15) is 5.10 Å². The van der Waals surface area contributed by atoms with Gasteiger partial charge in [0.25, 0.3) is 0 Å². The third-order valence-electron chi connectivity index (χ3n) is 3.32. The Morgan fingerprint density at radius 2 is 2.05 bits per heavy atom. The minimum Gasteiger partial charge on any atom is -0.496 e. The Kier molecular flexibility index (Phi) is 4.74. The third-order valence-corrected chi connectivity index (χ3v) is 3.32. The summed E-state index contributed by atoms with van der Waals surface area (Å²) in [6.07, 6.45) is 1.74. The van der Waals surface area contributed by atoms with Crippen molar-refractivity contribution in [3.05, 3.63) is 41.0 Å². The van der Waals surface area contributed by atoms with Crippen LogP contribution in [0.15, 0.2) is 18.2 Å². The molecule has 2 aromatic rings. The molecule has 0 aliphatic rings. The summed E-state index contributed by atoms with van der Waals surface area (Å²) in [4.78, 5) is 4.52. The first-order chi connectivity index (χ1) is 9.71. The Morgan fingerprint density at radius 1 is 1.25 bits per heavy atom. The van der Waals surface area contributed by atoms with E-state index in [0.29, 0.717) is 13.1 Å². The second kappa shape index (κ2) is 6.52. The molecule has 0 spiro atoms. The standard InChI is InChI=1S/C15H22N4O/c1-4-14-17-15(5-2)19(18-14)10-11-6-7-13(20-3)12(8-11)9-16/h6-8H,4-5,9-10,16H2,1-3H3. The highest BCUT2D eigenvalue weighted by Gasteiger charge is 2.09. The fraction of sp³-hybridized carbons (Fsp3) is 0.467. The molecule has 108 valence electrons. The molecule has 0 aliphatic carbocycles. The van der Waals surface area contributed by atoms with E-state index >= 15 is 0 Å². The number of aromatic nitrogens is 3. The van der Waals surface area contributed by atoms with Gasteiger partial charge in [0.2, 0.25) is 0 Å². The average Bonchev–Trinajstić information content (AvgIpc) is 2.89. The molecule has 5 nitrogen and oxygen atoms in total. The Hall–Kier alpha value is -1.88. The van der Waals surface area contributed by atoms with Crippen LogP contribution < -0.4 is 10.5 Å². The SMILES string of the molecule is CCc1nc(CC)n(Cc2ccc(OC)c(CN)c2)n1. The van der Waals surface area contributed by atoms with E-state index < -0.39 is 0 Å². The fourth-order valence-electron chi connectivity index (χ4n) is 2.23. The van der Waals surface area contributed by atoms with Crippen LogP contribution in [0, 0.1) is 0 Å². The molecule has 0 saturated carbocycles. The molecule has 0 amide bonds. The molecule has 1 heterocycles. The lowest BCUT2D eigenvalue weighted by molar-refractivity contribution is 0.409. The summed E-state index contributed by atoms with van der Waals surface area (Å²) in [5, 5.41) is 4.54. The first kappa shape index (κ1) is 14.5. The van der Waals surface area contributed by atoms with Gasteiger partial charge < -0.3 is 10.5 Å². The number of rotatable bonds is 6. The van der Waals surface area contributed by atoms with Crippen LogP contribution >= 0.6 is 0 Å². The first-order valence-electron chi connectivity index (χ1n) is 7.00. The van der Waals surface area contributed by atoms with Crippen LogP contribution in [0.3, 0.4) is 0 Å². The zero-order chi connectivity index (χ0) is 14.5. The van der Waals surface area contributed by atoms with Crippen molar-refractivity contribution in [2.45, 2.75) is 39.8 Å². The van der Waals surface area contributed by atoms with Crippen molar-refractivity contribution in [3.8, 4) is 5.75 Å². The molecule has 1 aromatic carbocycles. The smallest absolute Gasteiger partial charge is 0.150 e. The highest BCUT2D eigenvalue weighted by Crippen LogP contribution is 2.20. The van der Waals surface area contributed by atoms with Gasteiger partial charge in [0, 0.05) is 24.9 Å². The number of hydrogen-bond acceptors (Lipinski definition) is 4. The van der Waals surface area contributed by atoms with E-state index in [4.69, 9.17) is 10.5 Å². The summed E-state index contributed by atoms with van der Waals surface area (Å²) < 4.78 is 7.27. The van der Waals surface area contributed by atoms with Crippen LogP contribution in [0.1, 0.15) is 36.6 Å². The highest BCUT2D eigenvalue weighted by atomic mass is 16.5. The molecule has 0 saturated heterocycles. The lowest BCUT2D eigenvalue weighted by Crippen LogP contribution is -2.08. The molecule has 0 unspecified atom stereocenters. The molecule has 1 aromatic heterocycles. The quantitative estimate of drug-likeness (QED) is 0.874. The molecule has 20 heavy (non-hydrogen) atoms. The van der Waals surface area contributed by atoms with Gasteiger partial charge in [-0.15, -0.1) is 0 Å². The monoisotopic (exact) mass is 274 g/mol. The van der Waals surface area contributed by atoms with Crippen LogP contribution in [0.4, 0.5) is 0 Å². The van der Waals surface area contributed by atoms with Gasteiger partial charge in [0.15, 0.2) is 5.82 Å². The van der Waals surface area contributed by atoms with Gasteiger partial charge in [-0.3, -0.25) is 0 Å². The van der Waals surface area contributed by atoms with Crippen molar-refractivity contribution >= 4 is 0 Å². The van der Waals surface area contributed by atoms with E-state index in [1.165, 1.54) is 0 Å². The van der Waals surface area contributed by atoms with Crippen molar-refractivity contribution in [2.75, 3.05) is 7.11 Å². The molecular formula is C15H22N4O. The number of nitrogens with two attached hydrogens (primary N) is 1. The Balaban J connectivity index is 2.27. The van der Waals surface area contributed by atoms with Gasteiger partial charge in [0.05, 0.1) is 13.7 Å². The Bertz CT molecular complexity index is 577. The van der Waals surface area contributed by atoms with Crippen LogP contribution in [0.25, 0.3) is 0 Å². The van der Waals surface area contributed by atoms with E-state index in [1.807, 2.05) is 16.8 Å². The zero-order valence-corrected chi connectivity index (χ0v) is 12.4. The number of aryl methyl sites for hydroxylation is 2. The molecule has 0 aliphatic heterocycles. The van der Waals surface area contributed by atoms with Gasteiger partial charge >= 0.3 is 0 Å². The third kappa shape index (κ3) is 2.99. The van der Waals surface area contributed by atoms with Crippen LogP contribution in [0.2, 0.25) is 0 Å². The normalized spacial score (nSPS) is 10.8. The lowest BCUT2D eigenvalue weighted by atomic mass is 10.1. The van der Waals surface area contributed by atoms with E-state index in [1.54, 1.807) is 7.11 Å². The van der Waals surface area contributed by atoms with Crippen molar-refractivity contribution in [1.29, 1.82) is 0 Å². The molecule has 0 bridgehead atoms. The van der Waals surface area contributed by atoms with Crippen LogP contribution in [-0.4, -0.2) is 21.9 Å². The molecule has 2 N–H and O–H groups in total. The second-order valence-corrected chi connectivity index (χ2v) is 4.66. The van der Waals surface area contributed by atoms with Gasteiger partial charge in [-0.1, -0.05) is 19.9 Å². The zero-order valence-electron chi connectivity index (χ0n) is 12.4. The number of methoxy groups -OCH3 is 1. The average molecular weight is 274 g/mol. The Labute approximate surface area is 119 Å². The van der Waals surface area contributed by atoms with Crippen molar-refractivity contribution in [1.82, 2.24) is 14.8 Å². The van der Waals surface area contributed by atoms with Crippen LogP contribution in [0.5, 0.6) is 5.75 Å². The summed E-state index contributed by atoms with van der Waals surface area (Å²) in [5.74, 6) is 2.75. The van der Waals surface area contributed by atoms with E-state index in [0.717, 1.165) is 41.4 Å². The largest absolute Gasteiger partial charge is 0.496 e. The first-order valence-corrected chi connectivity index (χ1v) is 7.00. The maximum absolute atomic E-state index is 5.76. The maximum atomic E-state index is 5.76. The summed E-state index contributed by atoms with van der Waals surface area (Å²) in [5.41, 5.74) is 7.93. The minimum atomic E-state index is 0.467. The number of nitrogens with zero attached hydrogens (tertiary/aromatic N) is 3. The highest BCUT2D eigenvalue weighted by molar-refractivity contribution is 5.37. The summed E-state index contributed by atoms with van der Waals surface area (Å²) >= 11 is 0. The van der Waals surface area contributed by atoms with Crippen molar-refractivity contribution < 1.29 is 4.74 Å². The maximum Gasteiger partial charge on any atom is 0.150 e. The van der Waals surface area contributed by atoms with Crippen LogP contribution in [-0.2, 0) is 25.9 Å². The number of hydrogen-bond donors (Lipinski definition) is 1. The molecule has 0 fully saturated rings. The van der Waals surface area contributed by atoms with Crippen molar-refractivity contribution in [2.24, 2.45) is 5.73 Å². The van der Waals surface area contributed by atoms with E-state index in [-0.39, 0.29) is 0 Å². The number of benzene rings is 1. The molecule has 2 rings (SSSR count). The molecule has 5 heteroatoms.